The molecule has 1 nitrogen and oxygen atoms in total. The summed E-state index contributed by atoms with van der Waals surface area (Å²) in [6, 6.07) is 0. The van der Waals surface area contributed by atoms with Crippen molar-refractivity contribution in [3.63, 3.8) is 0 Å². The fourth-order valence-corrected chi connectivity index (χ4v) is 3.09. The first-order chi connectivity index (χ1) is 6.68. The van der Waals surface area contributed by atoms with E-state index in [0.29, 0.717) is 5.78 Å². The number of hydrogen-bond donors (Lipinski definition) is 0. The van der Waals surface area contributed by atoms with Crippen LogP contribution in [0.15, 0.2) is 11.1 Å². The summed E-state index contributed by atoms with van der Waals surface area (Å²) in [6.45, 7) is 4.17. The fourth-order valence-electron chi connectivity index (χ4n) is 3.09. The van der Waals surface area contributed by atoms with Crippen molar-refractivity contribution in [2.45, 2.75) is 52.4 Å². The van der Waals surface area contributed by atoms with Crippen molar-refractivity contribution < 1.29 is 4.79 Å². The quantitative estimate of drug-likeness (QED) is 0.537. The summed E-state index contributed by atoms with van der Waals surface area (Å²) in [4.78, 5) is 11.8. The van der Waals surface area contributed by atoms with Crippen molar-refractivity contribution in [1.29, 1.82) is 0 Å². The number of ketones is 1. The smallest absolute Gasteiger partial charge is 0.158 e. The number of rotatable bonds is 0. The van der Waals surface area contributed by atoms with Crippen LogP contribution >= 0.6 is 0 Å². The van der Waals surface area contributed by atoms with E-state index in [1.54, 1.807) is 0 Å². The van der Waals surface area contributed by atoms with E-state index in [2.05, 4.69) is 13.8 Å². The van der Waals surface area contributed by atoms with Gasteiger partial charge in [-0.15, -0.1) is 0 Å². The van der Waals surface area contributed by atoms with E-state index in [-0.39, 0.29) is 0 Å². The Bertz CT molecular complexity index is 271. The molecule has 2 aliphatic carbocycles. The van der Waals surface area contributed by atoms with Gasteiger partial charge in [0, 0.05) is 6.42 Å². The van der Waals surface area contributed by atoms with Crippen LogP contribution in [0.1, 0.15) is 52.4 Å². The Balaban J connectivity index is 2.20. The molecule has 0 aromatic rings. The SMILES string of the molecule is CC(C)=C1CC2CCCC2CCC1=O. The monoisotopic (exact) mass is 192 g/mol. The highest BCUT2D eigenvalue weighted by molar-refractivity contribution is 5.96. The van der Waals surface area contributed by atoms with E-state index < -0.39 is 0 Å². The van der Waals surface area contributed by atoms with Crippen molar-refractivity contribution in [2.75, 3.05) is 0 Å². The van der Waals surface area contributed by atoms with Crippen molar-refractivity contribution in [1.82, 2.24) is 0 Å². The van der Waals surface area contributed by atoms with Gasteiger partial charge in [-0.1, -0.05) is 18.4 Å². The molecular weight excluding hydrogens is 172 g/mol. The van der Waals surface area contributed by atoms with Crippen LogP contribution in [0, 0.1) is 11.8 Å². The summed E-state index contributed by atoms with van der Waals surface area (Å²) in [6.07, 6.45) is 7.15. The van der Waals surface area contributed by atoms with Gasteiger partial charge in [0.25, 0.3) is 0 Å². The Kier molecular flexibility index (Phi) is 2.76. The van der Waals surface area contributed by atoms with Crippen LogP contribution in [0.2, 0.25) is 0 Å². The molecule has 2 saturated carbocycles. The van der Waals surface area contributed by atoms with Crippen LogP contribution < -0.4 is 0 Å². The van der Waals surface area contributed by atoms with Gasteiger partial charge >= 0.3 is 0 Å². The highest BCUT2D eigenvalue weighted by Crippen LogP contribution is 2.42. The van der Waals surface area contributed by atoms with Crippen LogP contribution in [-0.4, -0.2) is 5.78 Å². The molecule has 0 N–H and O–H groups in total. The van der Waals surface area contributed by atoms with Crippen LogP contribution in [0.3, 0.4) is 0 Å². The Morgan fingerprint density at radius 3 is 2.57 bits per heavy atom. The average Bonchev–Trinajstić information content (AvgIpc) is 2.51. The molecule has 2 aliphatic rings. The first kappa shape index (κ1) is 9.95. The van der Waals surface area contributed by atoms with E-state index in [1.165, 1.54) is 24.8 Å². The molecule has 0 saturated heterocycles. The number of carbonyl (C=O) groups is 1. The van der Waals surface area contributed by atoms with E-state index >= 15 is 0 Å². The molecule has 0 aromatic heterocycles. The summed E-state index contributed by atoms with van der Waals surface area (Å²) in [5.74, 6) is 2.11. The van der Waals surface area contributed by atoms with Gasteiger partial charge in [-0.25, -0.2) is 0 Å². The fraction of sp³-hybridized carbons (Fsp3) is 0.769. The van der Waals surface area contributed by atoms with Gasteiger partial charge in [0.05, 0.1) is 0 Å². The molecule has 0 amide bonds. The highest BCUT2D eigenvalue weighted by atomic mass is 16.1. The minimum Gasteiger partial charge on any atom is -0.295 e. The summed E-state index contributed by atoms with van der Waals surface area (Å²) >= 11 is 0. The Hall–Kier alpha value is -0.590. The minimum atomic E-state index is 0.430. The lowest BCUT2D eigenvalue weighted by Crippen LogP contribution is -2.06. The summed E-state index contributed by atoms with van der Waals surface area (Å²) < 4.78 is 0. The second-order valence-corrected chi connectivity index (χ2v) is 5.10. The molecule has 78 valence electrons. The largest absolute Gasteiger partial charge is 0.295 e. The molecule has 2 fully saturated rings. The van der Waals surface area contributed by atoms with Crippen molar-refractivity contribution >= 4 is 5.78 Å². The topological polar surface area (TPSA) is 17.1 Å². The molecule has 0 aliphatic heterocycles. The molecule has 0 spiro atoms. The first-order valence-corrected chi connectivity index (χ1v) is 5.88. The van der Waals surface area contributed by atoms with Crippen molar-refractivity contribution in [3.05, 3.63) is 11.1 Å². The lowest BCUT2D eigenvalue weighted by Gasteiger charge is -2.15. The normalized spacial score (nSPS) is 32.7. The van der Waals surface area contributed by atoms with Gasteiger partial charge in [-0.05, 0) is 50.5 Å². The molecule has 0 radical (unpaired) electrons. The van der Waals surface area contributed by atoms with E-state index in [9.17, 15) is 4.79 Å². The van der Waals surface area contributed by atoms with Crippen LogP contribution in [-0.2, 0) is 4.79 Å². The third kappa shape index (κ3) is 1.77. The maximum absolute atomic E-state index is 11.8. The zero-order chi connectivity index (χ0) is 10.1. The Morgan fingerprint density at radius 1 is 1.14 bits per heavy atom. The molecule has 2 atom stereocenters. The van der Waals surface area contributed by atoms with E-state index in [4.69, 9.17) is 0 Å². The number of Topliss-reactive ketones (excluding diaryl/α,β-unsaturated/α-hetero) is 1. The van der Waals surface area contributed by atoms with Crippen LogP contribution in [0.4, 0.5) is 0 Å². The average molecular weight is 192 g/mol. The summed E-state index contributed by atoms with van der Waals surface area (Å²) in [5, 5.41) is 0. The van der Waals surface area contributed by atoms with Gasteiger partial charge < -0.3 is 0 Å². The van der Waals surface area contributed by atoms with Crippen molar-refractivity contribution in [3.8, 4) is 0 Å². The molecule has 0 heterocycles. The van der Waals surface area contributed by atoms with E-state index in [1.807, 2.05) is 0 Å². The predicted molar refractivity (Wildman–Crippen MR) is 58.1 cm³/mol. The molecular formula is C13H20O. The third-order valence-electron chi connectivity index (χ3n) is 3.97. The third-order valence-corrected chi connectivity index (χ3v) is 3.97. The Morgan fingerprint density at radius 2 is 1.86 bits per heavy atom. The molecule has 2 unspecified atom stereocenters. The number of carbonyl (C=O) groups excluding carboxylic acids is 1. The lowest BCUT2D eigenvalue weighted by atomic mass is 9.89. The Labute approximate surface area is 86.6 Å². The summed E-state index contributed by atoms with van der Waals surface area (Å²) in [5.41, 5.74) is 2.40. The summed E-state index contributed by atoms with van der Waals surface area (Å²) in [7, 11) is 0. The van der Waals surface area contributed by atoms with Gasteiger partial charge in [0.2, 0.25) is 0 Å². The van der Waals surface area contributed by atoms with Gasteiger partial charge in [0.15, 0.2) is 5.78 Å². The van der Waals surface area contributed by atoms with Gasteiger partial charge in [-0.3, -0.25) is 4.79 Å². The standard InChI is InChI=1S/C13H20O/c1-9(2)12-8-11-5-3-4-10(11)6-7-13(12)14/h10-11H,3-8H2,1-2H3. The predicted octanol–water partition coefficient (Wildman–Crippen LogP) is 3.49. The van der Waals surface area contributed by atoms with Gasteiger partial charge in [0.1, 0.15) is 0 Å². The number of hydrogen-bond acceptors (Lipinski definition) is 1. The van der Waals surface area contributed by atoms with E-state index in [0.717, 1.165) is 36.7 Å². The molecule has 0 bridgehead atoms. The second-order valence-electron chi connectivity index (χ2n) is 5.10. The molecule has 2 rings (SSSR count). The highest BCUT2D eigenvalue weighted by Gasteiger charge is 2.32. The molecule has 14 heavy (non-hydrogen) atoms. The molecule has 0 aromatic carbocycles. The number of fused-ring (bicyclic) bond motifs is 1. The van der Waals surface area contributed by atoms with Gasteiger partial charge in [-0.2, -0.15) is 0 Å². The zero-order valence-electron chi connectivity index (χ0n) is 9.31. The lowest BCUT2D eigenvalue weighted by molar-refractivity contribution is -0.115. The molecule has 1 heteroatoms. The van der Waals surface area contributed by atoms with Crippen LogP contribution in [0.5, 0.6) is 0 Å². The minimum absolute atomic E-state index is 0.430. The number of allylic oxidation sites excluding steroid dienone is 2. The second kappa shape index (κ2) is 3.88. The van der Waals surface area contributed by atoms with Crippen LogP contribution in [0.25, 0.3) is 0 Å². The van der Waals surface area contributed by atoms with Crippen molar-refractivity contribution in [2.24, 2.45) is 11.8 Å². The maximum atomic E-state index is 11.8. The zero-order valence-corrected chi connectivity index (χ0v) is 9.31. The maximum Gasteiger partial charge on any atom is 0.158 e. The first-order valence-electron chi connectivity index (χ1n) is 5.88.